The number of amidine groups is 1. The topological polar surface area (TPSA) is 144 Å². The molecule has 1 aliphatic rings. The van der Waals surface area contributed by atoms with E-state index >= 15 is 0 Å². The van der Waals surface area contributed by atoms with E-state index in [1.165, 1.54) is 7.11 Å². The lowest BCUT2D eigenvalue weighted by molar-refractivity contribution is -0.139. The van der Waals surface area contributed by atoms with Crippen molar-refractivity contribution in [3.05, 3.63) is 59.7 Å². The first-order chi connectivity index (χ1) is 17.7. The van der Waals surface area contributed by atoms with E-state index in [4.69, 9.17) is 25.4 Å². The summed E-state index contributed by atoms with van der Waals surface area (Å²) in [4.78, 5) is 12.1. The summed E-state index contributed by atoms with van der Waals surface area (Å²) in [6, 6.07) is 11.9. The number of methoxy groups -OCH3 is 1. The highest BCUT2D eigenvalue weighted by molar-refractivity contribution is 7.93. The second-order valence-corrected chi connectivity index (χ2v) is 10.3. The first-order valence-electron chi connectivity index (χ1n) is 12.1. The largest absolute Gasteiger partial charge is 0.493 e. The average molecular weight is 531 g/mol. The van der Waals surface area contributed by atoms with Crippen LogP contribution in [0, 0.1) is 5.41 Å². The average Bonchev–Trinajstić information content (AvgIpc) is 2.87. The Morgan fingerprint density at radius 2 is 1.95 bits per heavy atom. The first kappa shape index (κ1) is 28.0. The first-order valence-corrected chi connectivity index (χ1v) is 13.7. The monoisotopic (exact) mass is 530 g/mol. The lowest BCUT2D eigenvalue weighted by Gasteiger charge is -2.26. The van der Waals surface area contributed by atoms with Crippen LogP contribution in [0.25, 0.3) is 6.08 Å². The molecule has 0 radical (unpaired) electrons. The molecule has 1 fully saturated rings. The Hall–Kier alpha value is -3.57. The Labute approximate surface area is 218 Å². The molecule has 1 aliphatic heterocycles. The molecule has 0 amide bonds. The summed E-state index contributed by atoms with van der Waals surface area (Å²) in [5.41, 5.74) is 7.19. The summed E-state index contributed by atoms with van der Waals surface area (Å²) in [5, 5.41) is 10.9. The Balaban J connectivity index is 1.89. The molecule has 0 unspecified atom stereocenters. The Morgan fingerprint density at radius 1 is 1.19 bits per heavy atom. The number of esters is 1. The highest BCUT2D eigenvalue weighted by Crippen LogP contribution is 2.34. The second kappa shape index (κ2) is 13.1. The quantitative estimate of drug-likeness (QED) is 0.216. The molecule has 0 aromatic heterocycles. The number of hydrogen-bond acceptors (Lipinski definition) is 8. The molecular weight excluding hydrogens is 496 g/mol. The molecule has 0 spiro atoms. The molecule has 0 atom stereocenters. The van der Waals surface area contributed by atoms with E-state index < -0.39 is 21.7 Å². The second-order valence-electron chi connectivity index (χ2n) is 8.44. The number of ether oxygens (including phenoxy) is 3. The SMILES string of the molecule is CCOC(=O)CS(=O)(=O)N(C/C=C/c1cccc(C(=N)N)c1)c1ccc(OC2CCNCC2)c(OC)c1. The number of nitrogen functional groups attached to an aromatic ring is 1. The fraction of sp³-hybridized carbons (Fsp3) is 0.385. The molecule has 3 rings (SSSR count). The molecule has 0 saturated carbocycles. The number of carbonyl (C=O) groups is 1. The number of anilines is 1. The van der Waals surface area contributed by atoms with Gasteiger partial charge in [-0.05, 0) is 56.6 Å². The molecule has 200 valence electrons. The van der Waals surface area contributed by atoms with E-state index in [0.29, 0.717) is 22.7 Å². The van der Waals surface area contributed by atoms with Crippen LogP contribution in [0.4, 0.5) is 5.69 Å². The van der Waals surface area contributed by atoms with E-state index in [-0.39, 0.29) is 25.1 Å². The molecule has 4 N–H and O–H groups in total. The van der Waals surface area contributed by atoms with Crippen molar-refractivity contribution in [3.63, 3.8) is 0 Å². The predicted octanol–water partition coefficient (Wildman–Crippen LogP) is 2.52. The van der Waals surface area contributed by atoms with Gasteiger partial charge in [-0.2, -0.15) is 0 Å². The third kappa shape index (κ3) is 7.96. The molecule has 1 saturated heterocycles. The number of rotatable bonds is 12. The van der Waals surface area contributed by atoms with Gasteiger partial charge < -0.3 is 25.3 Å². The van der Waals surface area contributed by atoms with Gasteiger partial charge in [0.1, 0.15) is 11.9 Å². The normalized spacial score (nSPS) is 14.3. The maximum Gasteiger partial charge on any atom is 0.323 e. The van der Waals surface area contributed by atoms with Gasteiger partial charge in [-0.3, -0.25) is 14.5 Å². The zero-order valence-corrected chi connectivity index (χ0v) is 21.9. The number of carbonyl (C=O) groups excluding carboxylic acids is 1. The summed E-state index contributed by atoms with van der Waals surface area (Å²) in [5.74, 6) is -0.774. The van der Waals surface area contributed by atoms with Crippen molar-refractivity contribution >= 4 is 33.6 Å². The fourth-order valence-corrected chi connectivity index (χ4v) is 5.19. The zero-order valence-electron chi connectivity index (χ0n) is 21.1. The van der Waals surface area contributed by atoms with Crippen molar-refractivity contribution in [2.24, 2.45) is 5.73 Å². The van der Waals surface area contributed by atoms with Crippen LogP contribution in [-0.2, 0) is 19.6 Å². The van der Waals surface area contributed by atoms with Crippen molar-refractivity contribution in [2.45, 2.75) is 25.9 Å². The molecule has 2 aromatic carbocycles. The van der Waals surface area contributed by atoms with Crippen LogP contribution in [0.2, 0.25) is 0 Å². The van der Waals surface area contributed by atoms with Crippen LogP contribution in [0.3, 0.4) is 0 Å². The molecule has 0 aliphatic carbocycles. The molecular formula is C26H34N4O6S. The van der Waals surface area contributed by atoms with Gasteiger partial charge in [-0.25, -0.2) is 8.42 Å². The molecule has 2 aromatic rings. The number of benzene rings is 2. The third-order valence-electron chi connectivity index (χ3n) is 5.74. The van der Waals surface area contributed by atoms with E-state index in [1.54, 1.807) is 55.5 Å². The van der Waals surface area contributed by atoms with Crippen LogP contribution in [0.1, 0.15) is 30.9 Å². The van der Waals surface area contributed by atoms with E-state index in [9.17, 15) is 13.2 Å². The standard InChI is InChI=1S/C26H34N4O6S/c1-3-35-25(31)18-37(32,33)30(15-5-7-19-6-4-8-20(16-19)26(27)28)21-9-10-23(24(17-21)34-2)36-22-11-13-29-14-12-22/h4-10,16-17,22,29H,3,11-15,18H2,1-2H3,(H3,27,28)/b7-5+. The minimum Gasteiger partial charge on any atom is -0.493 e. The van der Waals surface area contributed by atoms with Crippen LogP contribution in [-0.4, -0.2) is 65.4 Å². The van der Waals surface area contributed by atoms with Gasteiger partial charge in [0.05, 0.1) is 25.9 Å². The number of piperidine rings is 1. The predicted molar refractivity (Wildman–Crippen MR) is 144 cm³/mol. The summed E-state index contributed by atoms with van der Waals surface area (Å²) >= 11 is 0. The highest BCUT2D eigenvalue weighted by Gasteiger charge is 2.27. The van der Waals surface area contributed by atoms with Crippen LogP contribution < -0.4 is 24.8 Å². The zero-order chi connectivity index (χ0) is 26.8. The lowest BCUT2D eigenvalue weighted by atomic mass is 10.1. The number of sulfonamides is 1. The van der Waals surface area contributed by atoms with Crippen molar-refractivity contribution in [1.82, 2.24) is 5.32 Å². The van der Waals surface area contributed by atoms with E-state index in [1.807, 2.05) is 6.07 Å². The molecule has 1 heterocycles. The smallest absolute Gasteiger partial charge is 0.323 e. The highest BCUT2D eigenvalue weighted by atomic mass is 32.2. The molecule has 0 bridgehead atoms. The Kier molecular flexibility index (Phi) is 9.93. The summed E-state index contributed by atoms with van der Waals surface area (Å²) in [6.45, 7) is 3.38. The number of nitrogens with two attached hydrogens (primary N) is 1. The van der Waals surface area contributed by atoms with Crippen molar-refractivity contribution < 1.29 is 27.4 Å². The number of nitrogens with zero attached hydrogens (tertiary/aromatic N) is 1. The Bertz CT molecular complexity index is 1230. The van der Waals surface area contributed by atoms with Gasteiger partial charge in [0.15, 0.2) is 17.3 Å². The van der Waals surface area contributed by atoms with Gasteiger partial charge in [0.2, 0.25) is 10.0 Å². The van der Waals surface area contributed by atoms with Crippen molar-refractivity contribution in [2.75, 3.05) is 43.4 Å². The summed E-state index contributed by atoms with van der Waals surface area (Å²) in [7, 11) is -2.60. The maximum atomic E-state index is 13.3. The van der Waals surface area contributed by atoms with Crippen LogP contribution in [0.15, 0.2) is 48.5 Å². The van der Waals surface area contributed by atoms with Crippen LogP contribution >= 0.6 is 0 Å². The minimum absolute atomic E-state index is 0.0401. The molecule has 37 heavy (non-hydrogen) atoms. The fourth-order valence-electron chi connectivity index (χ4n) is 3.91. The molecule has 10 nitrogen and oxygen atoms in total. The lowest BCUT2D eigenvalue weighted by Crippen LogP contribution is -2.36. The maximum absolute atomic E-state index is 13.3. The van der Waals surface area contributed by atoms with Gasteiger partial charge in [-0.1, -0.05) is 30.4 Å². The van der Waals surface area contributed by atoms with Crippen LogP contribution in [0.5, 0.6) is 11.5 Å². The Morgan fingerprint density at radius 3 is 2.62 bits per heavy atom. The number of nitrogens with one attached hydrogen (secondary N) is 2. The van der Waals surface area contributed by atoms with Gasteiger partial charge in [0.25, 0.3) is 0 Å². The summed E-state index contributed by atoms with van der Waals surface area (Å²) < 4.78 is 44.2. The van der Waals surface area contributed by atoms with Crippen molar-refractivity contribution in [1.29, 1.82) is 5.41 Å². The summed E-state index contributed by atoms with van der Waals surface area (Å²) in [6.07, 6.45) is 5.15. The van der Waals surface area contributed by atoms with Gasteiger partial charge >= 0.3 is 5.97 Å². The number of hydrogen-bond donors (Lipinski definition) is 3. The minimum atomic E-state index is -4.09. The van der Waals surface area contributed by atoms with E-state index in [0.717, 1.165) is 35.8 Å². The molecule has 11 heteroatoms. The third-order valence-corrected chi connectivity index (χ3v) is 7.37. The van der Waals surface area contributed by atoms with E-state index in [2.05, 4.69) is 5.32 Å². The van der Waals surface area contributed by atoms with Gasteiger partial charge in [0, 0.05) is 11.6 Å². The van der Waals surface area contributed by atoms with Gasteiger partial charge in [-0.15, -0.1) is 0 Å². The van der Waals surface area contributed by atoms with Crippen molar-refractivity contribution in [3.8, 4) is 11.5 Å².